The van der Waals surface area contributed by atoms with Crippen molar-refractivity contribution in [1.82, 2.24) is 30.6 Å². The fourth-order valence-electron chi connectivity index (χ4n) is 3.33. The fourth-order valence-corrected chi connectivity index (χ4v) is 3.33. The van der Waals surface area contributed by atoms with Crippen LogP contribution in [0.4, 0.5) is 5.82 Å². The van der Waals surface area contributed by atoms with Gasteiger partial charge in [-0.1, -0.05) is 0 Å². The zero-order valence-electron chi connectivity index (χ0n) is 10.7. The van der Waals surface area contributed by atoms with E-state index in [1.165, 1.54) is 30.3 Å². The average molecular weight is 259 g/mol. The SMILES string of the molecule is c1cc2nnnn2nc1N1CCCC1C1CCCN1. The van der Waals surface area contributed by atoms with Gasteiger partial charge in [-0.15, -0.1) is 14.8 Å². The van der Waals surface area contributed by atoms with Crippen molar-refractivity contribution in [1.29, 1.82) is 0 Å². The van der Waals surface area contributed by atoms with Gasteiger partial charge in [-0.25, -0.2) is 0 Å². The third-order valence-corrected chi connectivity index (χ3v) is 4.21. The zero-order chi connectivity index (χ0) is 12.7. The van der Waals surface area contributed by atoms with Crippen LogP contribution in [0.3, 0.4) is 0 Å². The molecule has 0 bridgehead atoms. The Morgan fingerprint density at radius 2 is 2.21 bits per heavy atom. The van der Waals surface area contributed by atoms with Gasteiger partial charge in [0.25, 0.3) is 0 Å². The minimum Gasteiger partial charge on any atom is -0.351 e. The number of nitrogens with one attached hydrogen (secondary N) is 1. The molecule has 2 atom stereocenters. The van der Waals surface area contributed by atoms with Gasteiger partial charge in [0.2, 0.25) is 0 Å². The van der Waals surface area contributed by atoms with Crippen LogP contribution in [0.2, 0.25) is 0 Å². The van der Waals surface area contributed by atoms with Crippen LogP contribution in [0.1, 0.15) is 25.7 Å². The molecule has 19 heavy (non-hydrogen) atoms. The van der Waals surface area contributed by atoms with E-state index in [1.54, 1.807) is 0 Å². The van der Waals surface area contributed by atoms with Crippen LogP contribution in [0.15, 0.2) is 12.1 Å². The molecule has 4 heterocycles. The molecule has 2 aromatic rings. The first-order valence-corrected chi connectivity index (χ1v) is 6.97. The number of hydrogen-bond acceptors (Lipinski definition) is 6. The third-order valence-electron chi connectivity index (χ3n) is 4.21. The molecule has 7 heteroatoms. The number of hydrogen-bond donors (Lipinski definition) is 1. The monoisotopic (exact) mass is 259 g/mol. The molecule has 7 nitrogen and oxygen atoms in total. The highest BCUT2D eigenvalue weighted by Crippen LogP contribution is 2.28. The van der Waals surface area contributed by atoms with E-state index < -0.39 is 0 Å². The van der Waals surface area contributed by atoms with E-state index in [0.29, 0.717) is 17.7 Å². The van der Waals surface area contributed by atoms with Crippen LogP contribution in [0.25, 0.3) is 5.65 Å². The van der Waals surface area contributed by atoms with E-state index in [-0.39, 0.29) is 0 Å². The minimum atomic E-state index is 0.559. The number of tetrazole rings is 1. The summed E-state index contributed by atoms with van der Waals surface area (Å²) in [5.74, 6) is 0.982. The van der Waals surface area contributed by atoms with Gasteiger partial charge < -0.3 is 10.2 Å². The van der Waals surface area contributed by atoms with Crippen molar-refractivity contribution in [2.45, 2.75) is 37.8 Å². The first kappa shape index (κ1) is 11.1. The zero-order valence-corrected chi connectivity index (χ0v) is 10.7. The molecule has 2 aliphatic heterocycles. The largest absolute Gasteiger partial charge is 0.351 e. The molecule has 2 aliphatic rings. The van der Waals surface area contributed by atoms with E-state index in [1.807, 2.05) is 12.1 Å². The minimum absolute atomic E-state index is 0.559. The highest BCUT2D eigenvalue weighted by molar-refractivity contribution is 5.46. The number of aromatic nitrogens is 5. The molecule has 1 N–H and O–H groups in total. The molecule has 0 saturated carbocycles. The van der Waals surface area contributed by atoms with Gasteiger partial charge >= 0.3 is 0 Å². The van der Waals surface area contributed by atoms with E-state index in [2.05, 4.69) is 30.8 Å². The first-order valence-electron chi connectivity index (χ1n) is 6.97. The Hall–Kier alpha value is -1.76. The van der Waals surface area contributed by atoms with Gasteiger partial charge in [0.05, 0.1) is 0 Å². The Morgan fingerprint density at radius 1 is 1.21 bits per heavy atom. The van der Waals surface area contributed by atoms with Crippen molar-refractivity contribution >= 4 is 11.5 Å². The lowest BCUT2D eigenvalue weighted by atomic mass is 10.0. The second-order valence-corrected chi connectivity index (χ2v) is 5.32. The van der Waals surface area contributed by atoms with E-state index >= 15 is 0 Å². The van der Waals surface area contributed by atoms with Gasteiger partial charge in [0.15, 0.2) is 11.5 Å². The summed E-state index contributed by atoms with van der Waals surface area (Å²) in [6.45, 7) is 2.22. The summed E-state index contributed by atoms with van der Waals surface area (Å²) in [4.78, 5) is 2.41. The highest BCUT2D eigenvalue weighted by Gasteiger charge is 2.34. The molecular weight excluding hydrogens is 242 g/mol. The lowest BCUT2D eigenvalue weighted by Gasteiger charge is -2.30. The summed E-state index contributed by atoms with van der Waals surface area (Å²) in [6, 6.07) is 5.12. The lowest BCUT2D eigenvalue weighted by Crippen LogP contribution is -2.44. The lowest BCUT2D eigenvalue weighted by molar-refractivity contribution is 0.479. The van der Waals surface area contributed by atoms with Crippen molar-refractivity contribution in [3.63, 3.8) is 0 Å². The van der Waals surface area contributed by atoms with Gasteiger partial charge in [-0.3, -0.25) is 0 Å². The molecule has 0 aliphatic carbocycles. The summed E-state index contributed by atoms with van der Waals surface area (Å²) in [7, 11) is 0. The Morgan fingerprint density at radius 3 is 3.11 bits per heavy atom. The van der Waals surface area contributed by atoms with Gasteiger partial charge in [0.1, 0.15) is 0 Å². The van der Waals surface area contributed by atoms with Crippen LogP contribution in [-0.2, 0) is 0 Å². The van der Waals surface area contributed by atoms with E-state index in [9.17, 15) is 0 Å². The molecule has 0 radical (unpaired) electrons. The standard InChI is InChI=1S/C12H17N7/c1-3-9(13-7-1)10-4-2-8-18(10)12-6-5-11-14-16-17-19(11)15-12/h5-6,9-10,13H,1-4,7-8H2. The molecule has 0 amide bonds. The number of anilines is 1. The van der Waals surface area contributed by atoms with Crippen molar-refractivity contribution in [2.75, 3.05) is 18.0 Å². The van der Waals surface area contributed by atoms with E-state index in [4.69, 9.17) is 0 Å². The molecule has 2 aromatic heterocycles. The normalized spacial score (nSPS) is 27.5. The van der Waals surface area contributed by atoms with Crippen molar-refractivity contribution in [3.8, 4) is 0 Å². The van der Waals surface area contributed by atoms with E-state index in [0.717, 1.165) is 18.9 Å². The maximum absolute atomic E-state index is 4.52. The van der Waals surface area contributed by atoms with Crippen LogP contribution in [0, 0.1) is 0 Å². The quantitative estimate of drug-likeness (QED) is 0.833. The predicted octanol–water partition coefficient (Wildman–Crippen LogP) is 0.240. The molecule has 2 fully saturated rings. The Bertz CT molecular complexity index is 574. The smallest absolute Gasteiger partial charge is 0.200 e. The maximum atomic E-state index is 4.52. The Balaban J connectivity index is 1.65. The number of nitrogens with zero attached hydrogens (tertiary/aromatic N) is 6. The number of fused-ring (bicyclic) bond motifs is 1. The van der Waals surface area contributed by atoms with Crippen molar-refractivity contribution in [3.05, 3.63) is 12.1 Å². The predicted molar refractivity (Wildman–Crippen MR) is 70.0 cm³/mol. The van der Waals surface area contributed by atoms with Crippen LogP contribution >= 0.6 is 0 Å². The Kier molecular flexibility index (Phi) is 2.58. The van der Waals surface area contributed by atoms with Crippen LogP contribution in [0.5, 0.6) is 0 Å². The van der Waals surface area contributed by atoms with Crippen LogP contribution < -0.4 is 10.2 Å². The molecule has 100 valence electrons. The van der Waals surface area contributed by atoms with Gasteiger partial charge in [-0.05, 0) is 54.8 Å². The summed E-state index contributed by atoms with van der Waals surface area (Å²) < 4.78 is 1.51. The summed E-state index contributed by atoms with van der Waals surface area (Å²) in [6.07, 6.45) is 5.04. The third kappa shape index (κ3) is 1.85. The van der Waals surface area contributed by atoms with Crippen molar-refractivity contribution < 1.29 is 0 Å². The van der Waals surface area contributed by atoms with Gasteiger partial charge in [-0.2, -0.15) is 0 Å². The number of rotatable bonds is 2. The molecule has 0 aromatic carbocycles. The van der Waals surface area contributed by atoms with Crippen LogP contribution in [-0.4, -0.2) is 50.4 Å². The maximum Gasteiger partial charge on any atom is 0.200 e. The average Bonchev–Trinajstić information content (AvgIpc) is 3.18. The first-order chi connectivity index (χ1) is 9.42. The molecule has 0 spiro atoms. The van der Waals surface area contributed by atoms with Crippen molar-refractivity contribution in [2.24, 2.45) is 0 Å². The summed E-state index contributed by atoms with van der Waals surface area (Å²) in [5.41, 5.74) is 0.693. The molecular formula is C12H17N7. The molecule has 4 rings (SSSR count). The highest BCUT2D eigenvalue weighted by atomic mass is 15.6. The molecule has 2 unspecified atom stereocenters. The second kappa shape index (κ2) is 4.41. The summed E-state index contributed by atoms with van der Waals surface area (Å²) >= 11 is 0. The topological polar surface area (TPSA) is 71.2 Å². The fraction of sp³-hybridized carbons (Fsp3) is 0.667. The second-order valence-electron chi connectivity index (χ2n) is 5.32. The van der Waals surface area contributed by atoms with Gasteiger partial charge in [0, 0.05) is 18.6 Å². The molecule has 2 saturated heterocycles. The Labute approximate surface area is 111 Å². The summed E-state index contributed by atoms with van der Waals surface area (Å²) in [5, 5.41) is 19.5.